The highest BCUT2D eigenvalue weighted by molar-refractivity contribution is 5.99. The maximum absolute atomic E-state index is 11.3. The highest BCUT2D eigenvalue weighted by atomic mass is 16.7. The summed E-state index contributed by atoms with van der Waals surface area (Å²) in [6.45, 7) is 2.88. The van der Waals surface area contributed by atoms with Gasteiger partial charge in [0.1, 0.15) is 17.3 Å². The fraction of sp³-hybridized carbons (Fsp3) is 0.880. The fourth-order valence-electron chi connectivity index (χ4n) is 7.69. The second-order valence-electron chi connectivity index (χ2n) is 11.2. The first kappa shape index (κ1) is 22.3. The third kappa shape index (κ3) is 3.73. The number of carbonyl (C=O) groups is 3. The minimum atomic E-state index is -0.335. The summed E-state index contributed by atoms with van der Waals surface area (Å²) in [5.41, 5.74) is 0. The highest BCUT2D eigenvalue weighted by Gasteiger charge is 2.59. The Balaban J connectivity index is 0.0000000950. The number of fused-ring (bicyclic) bond motifs is 8. The topological polar surface area (TPSA) is 108 Å². The highest BCUT2D eigenvalue weighted by Crippen LogP contribution is 2.54. The van der Waals surface area contributed by atoms with Crippen LogP contribution in [0.3, 0.4) is 0 Å². The molecule has 2 spiro atoms. The molecular weight excluding hydrogens is 428 g/mol. The zero-order valence-electron chi connectivity index (χ0n) is 19.0. The maximum atomic E-state index is 11.3. The van der Waals surface area contributed by atoms with Crippen LogP contribution < -0.4 is 0 Å². The number of ether oxygens (including phenoxy) is 4. The van der Waals surface area contributed by atoms with Gasteiger partial charge in [0.2, 0.25) is 0 Å². The number of Topliss-reactive ketones (excluding diaryl/α,β-unsaturated/α-hetero) is 3. The number of aliphatic hydroxyl groups excluding tert-OH is 1. The van der Waals surface area contributed by atoms with Gasteiger partial charge in [0.25, 0.3) is 0 Å². The Hall–Kier alpha value is -1.19. The molecule has 8 aliphatic rings. The molecule has 2 saturated heterocycles. The molecule has 7 atom stereocenters. The summed E-state index contributed by atoms with van der Waals surface area (Å²) in [7, 11) is 0. The molecule has 1 N–H and O–H groups in total. The van der Waals surface area contributed by atoms with Gasteiger partial charge in [-0.15, -0.1) is 0 Å². The van der Waals surface area contributed by atoms with E-state index in [0.717, 1.165) is 51.7 Å². The van der Waals surface area contributed by atoms with E-state index in [1.54, 1.807) is 0 Å². The summed E-state index contributed by atoms with van der Waals surface area (Å²) in [6.07, 6.45) is 7.25. The standard InChI is InChI=1S/C9H14O3.C9H12O3.C7H8O2/c2*10-8-4-7-3-6(8)5-9(7)11-1-2-12-9;8-6-2-4-1-5(6)3-7(4)9/h6-8,10H,1-5H2;6-7H,1-5H2;4-5H,1-3H2/t6?,7?,8-;;/m0../s1. The van der Waals surface area contributed by atoms with Crippen LogP contribution in [0.15, 0.2) is 0 Å². The molecule has 2 aliphatic heterocycles. The van der Waals surface area contributed by atoms with Crippen LogP contribution in [-0.2, 0) is 33.3 Å². The molecule has 2 heterocycles. The van der Waals surface area contributed by atoms with Gasteiger partial charge in [-0.2, -0.15) is 0 Å². The van der Waals surface area contributed by atoms with Gasteiger partial charge in [-0.05, 0) is 31.6 Å². The molecule has 33 heavy (non-hydrogen) atoms. The summed E-state index contributed by atoms with van der Waals surface area (Å²) in [5, 5.41) is 9.55. The van der Waals surface area contributed by atoms with Crippen molar-refractivity contribution in [3.63, 3.8) is 0 Å². The summed E-state index contributed by atoms with van der Waals surface area (Å²) in [6, 6.07) is 0. The Morgan fingerprint density at radius 1 is 0.606 bits per heavy atom. The van der Waals surface area contributed by atoms with E-state index in [0.29, 0.717) is 67.6 Å². The van der Waals surface area contributed by atoms with Gasteiger partial charge in [0.15, 0.2) is 11.6 Å². The largest absolute Gasteiger partial charge is 0.393 e. The van der Waals surface area contributed by atoms with Gasteiger partial charge in [0.05, 0.1) is 32.5 Å². The number of rotatable bonds is 0. The van der Waals surface area contributed by atoms with E-state index in [1.165, 1.54) is 0 Å². The molecule has 8 fully saturated rings. The van der Waals surface area contributed by atoms with E-state index in [4.69, 9.17) is 18.9 Å². The average Bonchev–Trinajstić information content (AvgIpc) is 3.61. The Kier molecular flexibility index (Phi) is 5.53. The molecule has 0 aromatic rings. The minimum Gasteiger partial charge on any atom is -0.393 e. The van der Waals surface area contributed by atoms with E-state index in [-0.39, 0.29) is 35.4 Å². The zero-order valence-corrected chi connectivity index (χ0v) is 19.0. The molecule has 8 nitrogen and oxygen atoms in total. The van der Waals surface area contributed by atoms with E-state index < -0.39 is 0 Å². The molecule has 0 radical (unpaired) electrons. The number of aliphatic hydroxyl groups is 1. The van der Waals surface area contributed by atoms with E-state index in [1.807, 2.05) is 0 Å². The van der Waals surface area contributed by atoms with Crippen molar-refractivity contribution in [2.24, 2.45) is 35.5 Å². The van der Waals surface area contributed by atoms with Crippen LogP contribution in [0, 0.1) is 35.5 Å². The fourth-order valence-corrected chi connectivity index (χ4v) is 7.69. The molecule has 0 aromatic heterocycles. The molecule has 6 unspecified atom stereocenters. The lowest BCUT2D eigenvalue weighted by Gasteiger charge is -2.33. The molecular formula is C25H34O8. The summed E-state index contributed by atoms with van der Waals surface area (Å²) in [4.78, 5) is 32.9. The lowest BCUT2D eigenvalue weighted by molar-refractivity contribution is -0.199. The molecule has 6 saturated carbocycles. The van der Waals surface area contributed by atoms with Crippen LogP contribution in [0.1, 0.15) is 57.8 Å². The van der Waals surface area contributed by atoms with Crippen LogP contribution in [0.25, 0.3) is 0 Å². The smallest absolute Gasteiger partial charge is 0.172 e. The van der Waals surface area contributed by atoms with E-state index in [2.05, 4.69) is 0 Å². The summed E-state index contributed by atoms with van der Waals surface area (Å²) < 4.78 is 22.5. The predicted molar refractivity (Wildman–Crippen MR) is 113 cm³/mol. The molecule has 0 amide bonds. The first-order valence-electron chi connectivity index (χ1n) is 12.7. The molecule has 6 aliphatic carbocycles. The molecule has 6 bridgehead atoms. The number of carbonyl (C=O) groups excluding carboxylic acids is 3. The normalized spacial score (nSPS) is 44.6. The second kappa shape index (κ2) is 8.19. The van der Waals surface area contributed by atoms with Crippen LogP contribution in [0.4, 0.5) is 0 Å². The monoisotopic (exact) mass is 462 g/mol. The Morgan fingerprint density at radius 3 is 1.52 bits per heavy atom. The van der Waals surface area contributed by atoms with Crippen molar-refractivity contribution in [3.05, 3.63) is 0 Å². The number of hydrogen-bond acceptors (Lipinski definition) is 8. The van der Waals surface area contributed by atoms with E-state index in [9.17, 15) is 19.5 Å². The Morgan fingerprint density at radius 2 is 1.15 bits per heavy atom. The molecule has 8 rings (SSSR count). The van der Waals surface area contributed by atoms with Gasteiger partial charge >= 0.3 is 0 Å². The van der Waals surface area contributed by atoms with Gasteiger partial charge in [0, 0.05) is 61.7 Å². The first-order valence-corrected chi connectivity index (χ1v) is 12.7. The second-order valence-corrected chi connectivity index (χ2v) is 11.2. The van der Waals surface area contributed by atoms with Crippen molar-refractivity contribution in [2.75, 3.05) is 26.4 Å². The van der Waals surface area contributed by atoms with Crippen molar-refractivity contribution in [1.29, 1.82) is 0 Å². The minimum absolute atomic E-state index is 0.0894. The van der Waals surface area contributed by atoms with Crippen molar-refractivity contribution >= 4 is 17.3 Å². The summed E-state index contributed by atoms with van der Waals surface area (Å²) in [5.74, 6) is 2.20. The van der Waals surface area contributed by atoms with Crippen molar-refractivity contribution < 1.29 is 38.4 Å². The molecule has 0 aromatic carbocycles. The average molecular weight is 463 g/mol. The lowest BCUT2D eigenvalue weighted by atomic mass is 9.92. The third-order valence-electron chi connectivity index (χ3n) is 9.38. The summed E-state index contributed by atoms with van der Waals surface area (Å²) >= 11 is 0. The van der Waals surface area contributed by atoms with E-state index >= 15 is 0 Å². The molecule has 182 valence electrons. The van der Waals surface area contributed by atoms with Crippen molar-refractivity contribution in [3.8, 4) is 0 Å². The quantitative estimate of drug-likeness (QED) is 0.581. The van der Waals surface area contributed by atoms with Gasteiger partial charge < -0.3 is 24.1 Å². The van der Waals surface area contributed by atoms with Crippen molar-refractivity contribution in [1.82, 2.24) is 0 Å². The number of hydrogen-bond donors (Lipinski definition) is 1. The first-order chi connectivity index (χ1) is 15.9. The Labute approximate surface area is 193 Å². The van der Waals surface area contributed by atoms with Crippen molar-refractivity contribution in [2.45, 2.75) is 75.5 Å². The van der Waals surface area contributed by atoms with Gasteiger partial charge in [-0.25, -0.2) is 0 Å². The number of ketones is 3. The molecule has 8 heteroatoms. The van der Waals surface area contributed by atoms with Crippen LogP contribution in [0.5, 0.6) is 0 Å². The third-order valence-corrected chi connectivity index (χ3v) is 9.38. The van der Waals surface area contributed by atoms with Crippen LogP contribution in [0.2, 0.25) is 0 Å². The zero-order chi connectivity index (χ0) is 22.8. The SMILES string of the molecule is O=C1CC2CC1CC21OCCO1.O=C1CC2CC1CC2=O.O[C@H]1CC2CC1CC21OCCO1. The Bertz CT molecular complexity index is 804. The maximum Gasteiger partial charge on any atom is 0.172 e. The van der Waals surface area contributed by atoms with Gasteiger partial charge in [-0.3, -0.25) is 14.4 Å². The van der Waals surface area contributed by atoms with Crippen LogP contribution in [-0.4, -0.2) is 66.6 Å². The van der Waals surface area contributed by atoms with Gasteiger partial charge in [-0.1, -0.05) is 0 Å². The predicted octanol–water partition coefficient (Wildman–Crippen LogP) is 1.80. The van der Waals surface area contributed by atoms with Crippen LogP contribution >= 0.6 is 0 Å². The lowest BCUT2D eigenvalue weighted by Crippen LogP contribution is -2.39.